The number of benzene rings is 1. The number of aliphatic hydroxyl groups is 1. The Kier molecular flexibility index (Phi) is 5.24. The van der Waals surface area contributed by atoms with Crippen LogP contribution in [0, 0.1) is 18.2 Å². The molecule has 0 aliphatic heterocycles. The number of aromatic nitrogens is 4. The molecule has 0 fully saturated rings. The molecule has 0 amide bonds. The van der Waals surface area contributed by atoms with E-state index < -0.39 is 29.0 Å². The van der Waals surface area contributed by atoms with Crippen LogP contribution < -0.4 is 5.32 Å². The van der Waals surface area contributed by atoms with Crippen LogP contribution in [0.3, 0.4) is 0 Å². The highest BCUT2D eigenvalue weighted by Crippen LogP contribution is 2.38. The van der Waals surface area contributed by atoms with Crippen LogP contribution in [0.2, 0.25) is 0 Å². The van der Waals surface area contributed by atoms with E-state index in [4.69, 9.17) is 0 Å². The van der Waals surface area contributed by atoms with E-state index in [0.717, 1.165) is 12.1 Å². The molecule has 6 nitrogen and oxygen atoms in total. The third-order valence-electron chi connectivity index (χ3n) is 4.42. The van der Waals surface area contributed by atoms with Crippen molar-refractivity contribution >= 4 is 11.6 Å². The molecule has 0 spiro atoms. The monoisotopic (exact) mass is 411 g/mol. The fourth-order valence-corrected chi connectivity index (χ4v) is 3.09. The second kappa shape index (κ2) is 7.25. The maximum absolute atomic E-state index is 14.2. The fourth-order valence-electron chi connectivity index (χ4n) is 3.09. The molecule has 3 aromatic rings. The van der Waals surface area contributed by atoms with Crippen molar-refractivity contribution in [2.75, 3.05) is 5.32 Å². The van der Waals surface area contributed by atoms with Crippen LogP contribution in [0.4, 0.5) is 23.4 Å². The van der Waals surface area contributed by atoms with Gasteiger partial charge in [-0.25, -0.2) is 9.37 Å². The molecular formula is C19H21F4N5O. The molecule has 0 bridgehead atoms. The van der Waals surface area contributed by atoms with Gasteiger partial charge in [0.15, 0.2) is 5.82 Å². The van der Waals surface area contributed by atoms with E-state index in [1.807, 2.05) is 20.8 Å². The number of aryl methyl sites for hydroxylation is 1. The summed E-state index contributed by atoms with van der Waals surface area (Å²) in [5, 5.41) is 16.7. The lowest BCUT2D eigenvalue weighted by Crippen LogP contribution is -2.27. The highest BCUT2D eigenvalue weighted by molar-refractivity contribution is 5.48. The van der Waals surface area contributed by atoms with Gasteiger partial charge >= 0.3 is 6.18 Å². The number of fused-ring (bicyclic) bond motifs is 1. The topological polar surface area (TPSA) is 75.3 Å². The number of aliphatic hydroxyl groups excluding tert-OH is 1. The molecule has 0 saturated heterocycles. The SMILES string of the molecule is Cc1cc(N[C@@H](c2ccc(C(F)(F)F)c(F)c2)C(C)(C)C)n2nc(CO)nc2n1. The largest absolute Gasteiger partial charge is 0.419 e. The molecular weight excluding hydrogens is 390 g/mol. The molecule has 1 aromatic carbocycles. The predicted octanol–water partition coefficient (Wildman–Crippen LogP) is 4.28. The zero-order valence-electron chi connectivity index (χ0n) is 16.3. The van der Waals surface area contributed by atoms with Crippen molar-refractivity contribution in [3.63, 3.8) is 0 Å². The van der Waals surface area contributed by atoms with Crippen LogP contribution in [0.15, 0.2) is 24.3 Å². The minimum atomic E-state index is -4.76. The third-order valence-corrected chi connectivity index (χ3v) is 4.42. The van der Waals surface area contributed by atoms with Gasteiger partial charge in [-0.3, -0.25) is 0 Å². The van der Waals surface area contributed by atoms with Crippen molar-refractivity contribution in [3.8, 4) is 0 Å². The van der Waals surface area contributed by atoms with Gasteiger partial charge in [0.25, 0.3) is 5.78 Å². The molecule has 10 heteroatoms. The summed E-state index contributed by atoms with van der Waals surface area (Å²) in [6, 6.07) is 4.06. The molecule has 2 heterocycles. The van der Waals surface area contributed by atoms with Crippen LogP contribution in [0.1, 0.15) is 49.5 Å². The average Bonchev–Trinajstić information content (AvgIpc) is 3.00. The Morgan fingerprint density at radius 3 is 2.38 bits per heavy atom. The molecule has 0 saturated carbocycles. The normalized spacial score (nSPS) is 13.7. The van der Waals surface area contributed by atoms with Gasteiger partial charge in [-0.15, -0.1) is 5.10 Å². The van der Waals surface area contributed by atoms with Gasteiger partial charge in [0.2, 0.25) is 0 Å². The summed E-state index contributed by atoms with van der Waals surface area (Å²) in [4.78, 5) is 8.37. The van der Waals surface area contributed by atoms with E-state index in [-0.39, 0.29) is 18.2 Å². The van der Waals surface area contributed by atoms with E-state index in [0.29, 0.717) is 17.1 Å². The molecule has 2 N–H and O–H groups in total. The van der Waals surface area contributed by atoms with E-state index in [1.54, 1.807) is 13.0 Å². The summed E-state index contributed by atoms with van der Waals surface area (Å²) in [5.41, 5.74) is -0.813. The predicted molar refractivity (Wildman–Crippen MR) is 98.7 cm³/mol. The first-order valence-electron chi connectivity index (χ1n) is 8.87. The van der Waals surface area contributed by atoms with Gasteiger partial charge in [0.05, 0.1) is 11.6 Å². The highest BCUT2D eigenvalue weighted by Gasteiger charge is 2.35. The van der Waals surface area contributed by atoms with Gasteiger partial charge in [0, 0.05) is 11.8 Å². The summed E-state index contributed by atoms with van der Waals surface area (Å²) < 4.78 is 54.3. The molecule has 2 aromatic heterocycles. The first-order valence-corrected chi connectivity index (χ1v) is 8.87. The van der Waals surface area contributed by atoms with E-state index in [1.165, 1.54) is 10.6 Å². The van der Waals surface area contributed by atoms with Gasteiger partial charge < -0.3 is 10.4 Å². The van der Waals surface area contributed by atoms with Crippen molar-refractivity contribution in [2.45, 2.75) is 46.5 Å². The van der Waals surface area contributed by atoms with Crippen LogP contribution in [-0.2, 0) is 12.8 Å². The molecule has 0 unspecified atom stereocenters. The second-order valence-electron chi connectivity index (χ2n) is 7.86. The van der Waals surface area contributed by atoms with E-state index >= 15 is 0 Å². The van der Waals surface area contributed by atoms with Crippen molar-refractivity contribution in [3.05, 3.63) is 52.7 Å². The van der Waals surface area contributed by atoms with E-state index in [2.05, 4.69) is 20.4 Å². The minimum absolute atomic E-state index is 0.180. The first kappa shape index (κ1) is 21.0. The van der Waals surface area contributed by atoms with Crippen LogP contribution in [-0.4, -0.2) is 24.7 Å². The molecule has 0 radical (unpaired) electrons. The number of halogens is 4. The first-order chi connectivity index (χ1) is 13.4. The minimum Gasteiger partial charge on any atom is -0.388 e. The summed E-state index contributed by atoms with van der Waals surface area (Å²) in [6.07, 6.45) is -4.76. The molecule has 1 atom stereocenters. The highest BCUT2D eigenvalue weighted by atomic mass is 19.4. The second-order valence-corrected chi connectivity index (χ2v) is 7.86. The Bertz CT molecular complexity index is 1040. The summed E-state index contributed by atoms with van der Waals surface area (Å²) in [5.74, 6) is -0.410. The number of hydrogen-bond acceptors (Lipinski definition) is 5. The number of alkyl halides is 3. The summed E-state index contributed by atoms with van der Waals surface area (Å²) >= 11 is 0. The van der Waals surface area contributed by atoms with Gasteiger partial charge in [-0.2, -0.15) is 22.7 Å². The van der Waals surface area contributed by atoms with E-state index in [9.17, 15) is 22.7 Å². The van der Waals surface area contributed by atoms with Gasteiger partial charge in [0.1, 0.15) is 18.2 Å². The number of nitrogens with one attached hydrogen (secondary N) is 1. The number of hydrogen-bond donors (Lipinski definition) is 2. The Morgan fingerprint density at radius 1 is 1.14 bits per heavy atom. The maximum atomic E-state index is 14.2. The van der Waals surface area contributed by atoms with Gasteiger partial charge in [-0.1, -0.05) is 26.8 Å². The Morgan fingerprint density at radius 2 is 1.83 bits per heavy atom. The Balaban J connectivity index is 2.07. The summed E-state index contributed by atoms with van der Waals surface area (Å²) in [6.45, 7) is 7.03. The van der Waals surface area contributed by atoms with Crippen LogP contribution in [0.25, 0.3) is 5.78 Å². The molecule has 156 valence electrons. The third kappa shape index (κ3) is 4.31. The van der Waals surface area contributed by atoms with Crippen molar-refractivity contribution < 1.29 is 22.7 Å². The zero-order valence-corrected chi connectivity index (χ0v) is 16.3. The lowest BCUT2D eigenvalue weighted by Gasteiger charge is -2.33. The Hall–Kier alpha value is -2.75. The number of anilines is 1. The Labute approximate surface area is 164 Å². The summed E-state index contributed by atoms with van der Waals surface area (Å²) in [7, 11) is 0. The lowest BCUT2D eigenvalue weighted by atomic mass is 9.82. The quantitative estimate of drug-likeness (QED) is 0.627. The molecule has 29 heavy (non-hydrogen) atoms. The van der Waals surface area contributed by atoms with Crippen molar-refractivity contribution in [1.29, 1.82) is 0 Å². The number of rotatable bonds is 4. The van der Waals surface area contributed by atoms with Crippen LogP contribution in [0.5, 0.6) is 0 Å². The molecule has 0 aliphatic carbocycles. The average molecular weight is 411 g/mol. The van der Waals surface area contributed by atoms with Crippen molar-refractivity contribution in [1.82, 2.24) is 19.6 Å². The number of nitrogens with zero attached hydrogens (tertiary/aromatic N) is 4. The lowest BCUT2D eigenvalue weighted by molar-refractivity contribution is -0.140. The van der Waals surface area contributed by atoms with Crippen LogP contribution >= 0.6 is 0 Å². The zero-order chi connectivity index (χ0) is 21.6. The smallest absolute Gasteiger partial charge is 0.388 e. The molecule has 0 aliphatic rings. The standard InChI is InChI=1S/C19H21F4N5O/c1-10-7-15(28-17(24-10)25-14(9-29)27-28)26-16(18(2,3)4)11-5-6-12(13(20)8-11)19(21,22)23/h5-8,16,26,29H,9H2,1-4H3/t16-/m0/s1. The fraction of sp³-hybridized carbons (Fsp3) is 0.421. The molecule has 3 rings (SSSR count). The maximum Gasteiger partial charge on any atom is 0.419 e. The van der Waals surface area contributed by atoms with Crippen molar-refractivity contribution in [2.24, 2.45) is 5.41 Å². The van der Waals surface area contributed by atoms with Gasteiger partial charge in [-0.05, 0) is 30.0 Å².